The number of benzene rings is 3. The van der Waals surface area contributed by atoms with E-state index in [9.17, 15) is 0 Å². The van der Waals surface area contributed by atoms with Gasteiger partial charge in [-0.25, -0.2) is 0 Å². The van der Waals surface area contributed by atoms with E-state index < -0.39 is 0 Å². The van der Waals surface area contributed by atoms with Crippen molar-refractivity contribution < 1.29 is 0 Å². The van der Waals surface area contributed by atoms with Crippen LogP contribution >= 0.6 is 0 Å². The molecule has 12 atom stereocenters. The van der Waals surface area contributed by atoms with Gasteiger partial charge < -0.3 is 9.80 Å². The molecule has 4 aliphatic heterocycles. The Balaban J connectivity index is 1.15. The second kappa shape index (κ2) is 12.2. The molecule has 6 saturated carbocycles. The molecule has 322 valence electrons. The highest BCUT2D eigenvalue weighted by molar-refractivity contribution is 7.00. The molecule has 0 spiro atoms. The summed E-state index contributed by atoms with van der Waals surface area (Å²) in [5, 5.41) is 0. The van der Waals surface area contributed by atoms with Gasteiger partial charge in [-0.05, 0) is 174 Å². The summed E-state index contributed by atoms with van der Waals surface area (Å²) in [4.78, 5) is 6.29. The maximum Gasteiger partial charge on any atom is 0.252 e. The Kier molecular flexibility index (Phi) is 7.72. The lowest BCUT2D eigenvalue weighted by Crippen LogP contribution is -2.72. The number of nitrogens with zero attached hydrogens (tertiary/aromatic N) is 2. The van der Waals surface area contributed by atoms with Gasteiger partial charge in [0.1, 0.15) is 0 Å². The van der Waals surface area contributed by atoms with Gasteiger partial charge in [0.25, 0.3) is 6.71 Å². The van der Waals surface area contributed by atoms with Crippen LogP contribution in [-0.2, 0) is 21.7 Å². The average Bonchev–Trinajstić information content (AvgIpc) is 3.61. The third-order valence-corrected chi connectivity index (χ3v) is 22.4. The molecule has 0 bridgehead atoms. The molecule has 0 saturated heterocycles. The van der Waals surface area contributed by atoms with Crippen LogP contribution in [-0.4, -0.2) is 17.8 Å². The zero-order valence-electron chi connectivity index (χ0n) is 39.9. The molecule has 0 aromatic heterocycles. The van der Waals surface area contributed by atoms with Gasteiger partial charge in [-0.1, -0.05) is 137 Å². The SMILES string of the molecule is CC(C)(C)c1cc2c3c(c1)C1(C)C4CCCCC4C4CCCCC4C1(C)N3c1cccc3c1B2c1cc(C(C)(C)C)cc2c1N3C1(C)C3CCCCC3C3CCCCC3C21C. The number of hydrogen-bond donors (Lipinski definition) is 0. The topological polar surface area (TPSA) is 6.48 Å². The monoisotopic (exact) mass is 813 g/mol. The van der Waals surface area contributed by atoms with E-state index in [1.807, 2.05) is 0 Å². The molecule has 10 aliphatic rings. The van der Waals surface area contributed by atoms with Gasteiger partial charge in [0, 0.05) is 33.6 Å². The zero-order chi connectivity index (χ0) is 42.0. The van der Waals surface area contributed by atoms with Crippen molar-refractivity contribution >= 4 is 45.9 Å². The van der Waals surface area contributed by atoms with Gasteiger partial charge in [0.2, 0.25) is 0 Å². The van der Waals surface area contributed by atoms with E-state index in [1.165, 1.54) is 103 Å². The highest BCUT2D eigenvalue weighted by Gasteiger charge is 2.74. The van der Waals surface area contributed by atoms with Crippen molar-refractivity contribution in [1.29, 1.82) is 0 Å². The summed E-state index contributed by atoms with van der Waals surface area (Å²) in [7, 11) is 0. The van der Waals surface area contributed by atoms with Crippen molar-refractivity contribution in [3.8, 4) is 0 Å². The summed E-state index contributed by atoms with van der Waals surface area (Å²) >= 11 is 0. The number of rotatable bonds is 0. The Morgan fingerprint density at radius 2 is 0.820 bits per heavy atom. The molecular formula is C58H77BN2. The van der Waals surface area contributed by atoms with Crippen LogP contribution in [0.15, 0.2) is 42.5 Å². The number of fused-ring (bicyclic) bond motifs is 20. The van der Waals surface area contributed by atoms with E-state index in [0.717, 1.165) is 47.3 Å². The predicted octanol–water partition coefficient (Wildman–Crippen LogP) is 13.0. The molecule has 6 aliphatic carbocycles. The van der Waals surface area contributed by atoms with Gasteiger partial charge in [-0.15, -0.1) is 0 Å². The lowest BCUT2D eigenvalue weighted by Gasteiger charge is -2.66. The van der Waals surface area contributed by atoms with Crippen molar-refractivity contribution in [3.63, 3.8) is 0 Å². The molecule has 3 aromatic rings. The van der Waals surface area contributed by atoms with Crippen molar-refractivity contribution in [2.24, 2.45) is 47.3 Å². The number of hydrogen-bond acceptors (Lipinski definition) is 2. The fraction of sp³-hybridized carbons (Fsp3) is 0.690. The minimum Gasteiger partial charge on any atom is -0.335 e. The average molecular weight is 813 g/mol. The molecular weight excluding hydrogens is 735 g/mol. The first-order valence-electron chi connectivity index (χ1n) is 26.2. The molecule has 6 fully saturated rings. The van der Waals surface area contributed by atoms with Crippen LogP contribution in [0.25, 0.3) is 0 Å². The van der Waals surface area contributed by atoms with E-state index >= 15 is 0 Å². The predicted molar refractivity (Wildman–Crippen MR) is 259 cm³/mol. The van der Waals surface area contributed by atoms with E-state index in [0.29, 0.717) is 0 Å². The van der Waals surface area contributed by atoms with Crippen LogP contribution in [0.4, 0.5) is 22.7 Å². The second-order valence-corrected chi connectivity index (χ2v) is 26.2. The summed E-state index contributed by atoms with van der Waals surface area (Å²) in [6.45, 7) is 26.7. The highest BCUT2D eigenvalue weighted by atomic mass is 15.3. The summed E-state index contributed by atoms with van der Waals surface area (Å²) < 4.78 is 0. The zero-order valence-corrected chi connectivity index (χ0v) is 39.9. The fourth-order valence-electron chi connectivity index (χ4n) is 19.6. The van der Waals surface area contributed by atoms with Crippen LogP contribution in [0.3, 0.4) is 0 Å². The van der Waals surface area contributed by atoms with Gasteiger partial charge in [0.05, 0.1) is 11.1 Å². The molecule has 3 aromatic carbocycles. The lowest BCUT2D eigenvalue weighted by atomic mass is 9.33. The Hall–Kier alpha value is -2.68. The largest absolute Gasteiger partial charge is 0.335 e. The van der Waals surface area contributed by atoms with E-state index in [2.05, 4.69) is 122 Å². The first-order chi connectivity index (χ1) is 29.1. The molecule has 4 heterocycles. The smallest absolute Gasteiger partial charge is 0.252 e. The minimum absolute atomic E-state index is 0.0427. The Morgan fingerprint density at radius 1 is 0.475 bits per heavy atom. The Morgan fingerprint density at radius 3 is 1.20 bits per heavy atom. The van der Waals surface area contributed by atoms with Crippen LogP contribution in [0.1, 0.15) is 194 Å². The van der Waals surface area contributed by atoms with Crippen LogP contribution in [0, 0.1) is 47.3 Å². The lowest BCUT2D eigenvalue weighted by molar-refractivity contribution is -0.0770. The molecule has 0 N–H and O–H groups in total. The summed E-state index contributed by atoms with van der Waals surface area (Å²) in [5.41, 5.74) is 18.5. The number of anilines is 4. The van der Waals surface area contributed by atoms with Crippen molar-refractivity contribution in [2.45, 2.75) is 205 Å². The van der Waals surface area contributed by atoms with Gasteiger partial charge in [-0.3, -0.25) is 0 Å². The summed E-state index contributed by atoms with van der Waals surface area (Å²) in [5.74, 6) is 6.42. The van der Waals surface area contributed by atoms with Gasteiger partial charge in [-0.2, -0.15) is 0 Å². The van der Waals surface area contributed by atoms with E-state index in [-0.39, 0.29) is 39.5 Å². The molecule has 0 amide bonds. The van der Waals surface area contributed by atoms with Crippen LogP contribution in [0.5, 0.6) is 0 Å². The van der Waals surface area contributed by atoms with E-state index in [4.69, 9.17) is 0 Å². The third kappa shape index (κ3) is 4.33. The fourth-order valence-corrected chi connectivity index (χ4v) is 19.6. The van der Waals surface area contributed by atoms with Crippen molar-refractivity contribution in [1.82, 2.24) is 0 Å². The summed E-state index contributed by atoms with van der Waals surface area (Å²) in [6.07, 6.45) is 22.9. The van der Waals surface area contributed by atoms with E-state index in [1.54, 1.807) is 61.4 Å². The van der Waals surface area contributed by atoms with Crippen LogP contribution in [0.2, 0.25) is 0 Å². The Bertz CT molecular complexity index is 2220. The minimum atomic E-state index is 0.0427. The van der Waals surface area contributed by atoms with Crippen LogP contribution < -0.4 is 26.2 Å². The maximum atomic E-state index is 3.14. The maximum absolute atomic E-state index is 3.14. The Labute approximate surface area is 370 Å². The van der Waals surface area contributed by atoms with Crippen molar-refractivity contribution in [2.75, 3.05) is 9.80 Å². The first kappa shape index (κ1) is 38.8. The molecule has 12 unspecified atom stereocenters. The molecule has 3 heteroatoms. The molecule has 13 rings (SSSR count). The summed E-state index contributed by atoms with van der Waals surface area (Å²) in [6, 6.07) is 19.1. The molecule has 61 heavy (non-hydrogen) atoms. The van der Waals surface area contributed by atoms with Crippen molar-refractivity contribution in [3.05, 3.63) is 64.7 Å². The van der Waals surface area contributed by atoms with Gasteiger partial charge in [0.15, 0.2) is 0 Å². The normalized spacial score (nSPS) is 41.0. The third-order valence-electron chi connectivity index (χ3n) is 22.4. The van der Waals surface area contributed by atoms with Gasteiger partial charge >= 0.3 is 0 Å². The molecule has 2 nitrogen and oxygen atoms in total. The quantitative estimate of drug-likeness (QED) is 0.209. The standard InChI is InChI=1S/C58H77BN2/c1-53(2,3)34-30-44-51-46(32-34)59-47-33-35(54(4,5)6)31-45-52(47)61(58(10)43-27-18-14-23-39(43)37-21-12-16-25-41(37)56(45,58)8)49-29-19-28-48(50(49)59)60(51)57(9)42-26-17-13-22-38(42)36-20-11-15-24-40(36)55(44,57)7/h19,28-33,36-43H,11-18,20-27H2,1-10H3. The molecule has 0 radical (unpaired) electrons. The highest BCUT2D eigenvalue weighted by Crippen LogP contribution is 2.74. The second-order valence-electron chi connectivity index (χ2n) is 26.2. The first-order valence-corrected chi connectivity index (χ1v) is 26.2.